The number of carbonyl (C=O) groups excluding carboxylic acids is 2. The third-order valence-corrected chi connectivity index (χ3v) is 5.13. The van der Waals surface area contributed by atoms with E-state index in [1.807, 2.05) is 12.1 Å². The molecule has 3 N–H and O–H groups in total. The summed E-state index contributed by atoms with van der Waals surface area (Å²) in [5.74, 6) is -0.740. The third-order valence-electron chi connectivity index (χ3n) is 3.12. The highest BCUT2D eigenvalue weighted by Gasteiger charge is 2.14. The maximum atomic E-state index is 12.1. The lowest BCUT2D eigenvalue weighted by Gasteiger charge is -2.07. The second kappa shape index (κ2) is 7.68. The molecular weight excluding hydrogens is 382 g/mol. The van der Waals surface area contributed by atoms with E-state index in [9.17, 15) is 9.59 Å². The minimum absolute atomic E-state index is 0.107. The van der Waals surface area contributed by atoms with E-state index in [1.54, 1.807) is 34.5 Å². The van der Waals surface area contributed by atoms with Gasteiger partial charge in [-0.05, 0) is 29.6 Å². The van der Waals surface area contributed by atoms with Gasteiger partial charge in [0.25, 0.3) is 5.91 Å². The first-order valence-electron chi connectivity index (χ1n) is 7.00. The number of nitrogens with zero attached hydrogens (tertiary/aromatic N) is 3. The van der Waals surface area contributed by atoms with Gasteiger partial charge in [-0.15, -0.1) is 21.5 Å². The van der Waals surface area contributed by atoms with Crippen molar-refractivity contribution < 1.29 is 9.59 Å². The molecule has 0 bridgehead atoms. The van der Waals surface area contributed by atoms with Crippen molar-refractivity contribution in [3.63, 3.8) is 0 Å². The number of primary amides is 1. The molecule has 0 aliphatic rings. The molecule has 3 rings (SSSR count). The summed E-state index contributed by atoms with van der Waals surface area (Å²) in [5, 5.41) is 13.9. The summed E-state index contributed by atoms with van der Waals surface area (Å²) in [5.41, 5.74) is 6.36. The molecule has 2 heterocycles. The van der Waals surface area contributed by atoms with Gasteiger partial charge in [0.2, 0.25) is 5.91 Å². The average Bonchev–Trinajstić information content (AvgIpc) is 3.21. The number of nitrogens with two attached hydrogens (primary N) is 1. The zero-order chi connectivity index (χ0) is 17.8. The molecule has 2 amide bonds. The Bertz CT molecular complexity index is 924. The molecule has 3 aromatic rings. The fourth-order valence-electron chi connectivity index (χ4n) is 2.02. The van der Waals surface area contributed by atoms with Crippen molar-refractivity contribution in [2.24, 2.45) is 5.73 Å². The maximum absolute atomic E-state index is 12.1. The number of carbonyl (C=O) groups is 2. The molecule has 10 heteroatoms. The summed E-state index contributed by atoms with van der Waals surface area (Å²) in [6, 6.07) is 8.81. The summed E-state index contributed by atoms with van der Waals surface area (Å²) >= 11 is 8.46. The lowest BCUT2D eigenvalue weighted by molar-refractivity contribution is -0.113. The van der Waals surface area contributed by atoms with Crippen molar-refractivity contribution in [2.45, 2.75) is 5.16 Å². The normalized spacial score (nSPS) is 10.6. The van der Waals surface area contributed by atoms with Crippen LogP contribution in [0.3, 0.4) is 0 Å². The largest absolute Gasteiger partial charge is 0.366 e. The predicted octanol–water partition coefficient (Wildman–Crippen LogP) is 2.81. The minimum atomic E-state index is -0.579. The van der Waals surface area contributed by atoms with E-state index in [2.05, 4.69) is 15.5 Å². The number of halogens is 1. The molecule has 0 radical (unpaired) electrons. The second-order valence-electron chi connectivity index (χ2n) is 4.83. The standard InChI is InChI=1S/C15H12ClN5O2S2/c16-9-2-1-3-10(6-9)21-8-18-20-15(21)25-7-12(22)19-14-11(13(17)23)4-5-24-14/h1-6,8H,7H2,(H2,17,23)(H,19,22). The highest BCUT2D eigenvalue weighted by Crippen LogP contribution is 2.24. The van der Waals surface area contributed by atoms with Gasteiger partial charge in [0.05, 0.1) is 17.0 Å². The Morgan fingerprint density at radius 2 is 2.20 bits per heavy atom. The molecule has 0 aliphatic heterocycles. The predicted molar refractivity (Wildman–Crippen MR) is 98.6 cm³/mol. The molecule has 0 unspecified atom stereocenters. The fraction of sp³-hybridized carbons (Fsp3) is 0.0667. The van der Waals surface area contributed by atoms with Gasteiger partial charge in [-0.25, -0.2) is 0 Å². The average molecular weight is 394 g/mol. The SMILES string of the molecule is NC(=O)c1ccsc1NC(=O)CSc1nncn1-c1cccc(Cl)c1. The smallest absolute Gasteiger partial charge is 0.251 e. The van der Waals surface area contributed by atoms with Crippen LogP contribution in [0.25, 0.3) is 5.69 Å². The van der Waals surface area contributed by atoms with Crippen LogP contribution >= 0.6 is 34.7 Å². The molecule has 2 aromatic heterocycles. The highest BCUT2D eigenvalue weighted by atomic mass is 35.5. The minimum Gasteiger partial charge on any atom is -0.366 e. The van der Waals surface area contributed by atoms with Crippen LogP contribution in [0, 0.1) is 0 Å². The molecule has 0 spiro atoms. The summed E-state index contributed by atoms with van der Waals surface area (Å²) < 4.78 is 1.74. The molecular formula is C15H12ClN5O2S2. The molecule has 7 nitrogen and oxygen atoms in total. The number of thioether (sulfide) groups is 1. The number of aromatic nitrogens is 3. The van der Waals surface area contributed by atoms with E-state index in [4.69, 9.17) is 17.3 Å². The zero-order valence-electron chi connectivity index (χ0n) is 12.7. The molecule has 0 atom stereocenters. The molecule has 0 saturated heterocycles. The molecule has 0 aliphatic carbocycles. The first kappa shape index (κ1) is 17.5. The van der Waals surface area contributed by atoms with Crippen molar-refractivity contribution in [3.8, 4) is 5.69 Å². The van der Waals surface area contributed by atoms with Gasteiger partial charge in [0.1, 0.15) is 11.3 Å². The van der Waals surface area contributed by atoms with Gasteiger partial charge in [0.15, 0.2) is 5.16 Å². The number of amides is 2. The Labute approximate surface area is 156 Å². The highest BCUT2D eigenvalue weighted by molar-refractivity contribution is 7.99. The van der Waals surface area contributed by atoms with Crippen molar-refractivity contribution in [3.05, 3.63) is 52.6 Å². The Hall–Kier alpha value is -2.36. The molecule has 0 fully saturated rings. The van der Waals surface area contributed by atoms with Crippen LogP contribution in [0.1, 0.15) is 10.4 Å². The summed E-state index contributed by atoms with van der Waals surface area (Å²) in [6.07, 6.45) is 1.55. The third kappa shape index (κ3) is 4.19. The van der Waals surface area contributed by atoms with Gasteiger partial charge < -0.3 is 11.1 Å². The Kier molecular flexibility index (Phi) is 5.37. The van der Waals surface area contributed by atoms with Gasteiger partial charge in [-0.3, -0.25) is 14.2 Å². The lowest BCUT2D eigenvalue weighted by Crippen LogP contribution is -2.18. The Morgan fingerprint density at radius 1 is 1.36 bits per heavy atom. The van der Waals surface area contributed by atoms with Crippen molar-refractivity contribution in [1.82, 2.24) is 14.8 Å². The van der Waals surface area contributed by atoms with Crippen LogP contribution in [0.4, 0.5) is 5.00 Å². The van der Waals surface area contributed by atoms with Gasteiger partial charge in [-0.2, -0.15) is 0 Å². The van der Waals surface area contributed by atoms with Gasteiger partial charge in [0, 0.05) is 5.02 Å². The molecule has 1 aromatic carbocycles. The number of hydrogen-bond donors (Lipinski definition) is 2. The van der Waals surface area contributed by atoms with Crippen LogP contribution in [0.5, 0.6) is 0 Å². The van der Waals surface area contributed by atoms with E-state index >= 15 is 0 Å². The molecule has 128 valence electrons. The van der Waals surface area contributed by atoms with Crippen LogP contribution < -0.4 is 11.1 Å². The van der Waals surface area contributed by atoms with Gasteiger partial charge in [-0.1, -0.05) is 29.4 Å². The van der Waals surface area contributed by atoms with Crippen molar-refractivity contribution >= 4 is 51.5 Å². The summed E-state index contributed by atoms with van der Waals surface area (Å²) in [6.45, 7) is 0. The Balaban J connectivity index is 1.66. The zero-order valence-corrected chi connectivity index (χ0v) is 15.1. The second-order valence-corrected chi connectivity index (χ2v) is 7.12. The maximum Gasteiger partial charge on any atom is 0.251 e. The van der Waals surface area contributed by atoms with Crippen LogP contribution in [0.15, 0.2) is 47.2 Å². The topological polar surface area (TPSA) is 103 Å². The fourth-order valence-corrected chi connectivity index (χ4v) is 3.74. The van der Waals surface area contributed by atoms with E-state index in [1.165, 1.54) is 23.1 Å². The first-order valence-corrected chi connectivity index (χ1v) is 9.25. The van der Waals surface area contributed by atoms with Crippen LogP contribution in [-0.4, -0.2) is 32.3 Å². The van der Waals surface area contributed by atoms with Gasteiger partial charge >= 0.3 is 0 Å². The number of rotatable bonds is 6. The van der Waals surface area contributed by atoms with E-state index in [-0.39, 0.29) is 11.7 Å². The molecule has 0 saturated carbocycles. The van der Waals surface area contributed by atoms with Crippen molar-refractivity contribution in [2.75, 3.05) is 11.1 Å². The summed E-state index contributed by atoms with van der Waals surface area (Å²) in [4.78, 5) is 23.4. The van der Waals surface area contributed by atoms with Crippen LogP contribution in [0.2, 0.25) is 5.02 Å². The number of anilines is 1. The Morgan fingerprint density at radius 3 is 2.96 bits per heavy atom. The number of benzene rings is 1. The number of hydrogen-bond acceptors (Lipinski definition) is 6. The van der Waals surface area contributed by atoms with E-state index in [0.29, 0.717) is 20.7 Å². The van der Waals surface area contributed by atoms with Crippen molar-refractivity contribution in [1.29, 1.82) is 0 Å². The van der Waals surface area contributed by atoms with E-state index < -0.39 is 5.91 Å². The summed E-state index contributed by atoms with van der Waals surface area (Å²) in [7, 11) is 0. The quantitative estimate of drug-likeness (QED) is 0.627. The molecule has 25 heavy (non-hydrogen) atoms. The number of nitrogens with one attached hydrogen (secondary N) is 1. The monoisotopic (exact) mass is 393 g/mol. The van der Waals surface area contributed by atoms with Crippen LogP contribution in [-0.2, 0) is 4.79 Å². The number of thiophene rings is 1. The lowest BCUT2D eigenvalue weighted by atomic mass is 10.3. The van der Waals surface area contributed by atoms with E-state index in [0.717, 1.165) is 5.69 Å². The first-order chi connectivity index (χ1) is 12.0.